The van der Waals surface area contributed by atoms with Crippen molar-refractivity contribution in [1.82, 2.24) is 20.1 Å². The van der Waals surface area contributed by atoms with Gasteiger partial charge in [0.15, 0.2) is 5.82 Å². The number of aromatic amines is 1. The number of H-pyrrole nitrogens is 1. The molecule has 0 saturated carbocycles. The molecule has 1 N–H and O–H groups in total. The molecule has 6 nitrogen and oxygen atoms in total. The number of rotatable bonds is 5. The third-order valence-corrected chi connectivity index (χ3v) is 5.32. The van der Waals surface area contributed by atoms with Crippen LogP contribution in [0.1, 0.15) is 32.6 Å². The van der Waals surface area contributed by atoms with Gasteiger partial charge in [-0.3, -0.25) is 9.89 Å². The van der Waals surface area contributed by atoms with Crippen molar-refractivity contribution in [3.05, 3.63) is 24.3 Å². The van der Waals surface area contributed by atoms with E-state index in [-0.39, 0.29) is 11.2 Å². The van der Waals surface area contributed by atoms with Crippen molar-refractivity contribution in [2.75, 3.05) is 20.2 Å². The highest BCUT2D eigenvalue weighted by atomic mass is 32.2. The van der Waals surface area contributed by atoms with Crippen molar-refractivity contribution in [3.63, 3.8) is 0 Å². The van der Waals surface area contributed by atoms with Crippen LogP contribution < -0.4 is 4.74 Å². The second-order valence-electron chi connectivity index (χ2n) is 6.19. The number of hydrogen-bond donors (Lipinski definition) is 1. The van der Waals surface area contributed by atoms with Crippen LogP contribution in [-0.4, -0.2) is 51.4 Å². The van der Waals surface area contributed by atoms with Crippen LogP contribution in [0.5, 0.6) is 5.75 Å². The van der Waals surface area contributed by atoms with Crippen molar-refractivity contribution in [2.24, 2.45) is 0 Å². The van der Waals surface area contributed by atoms with E-state index >= 15 is 0 Å². The van der Waals surface area contributed by atoms with Crippen LogP contribution >= 0.6 is 11.8 Å². The predicted octanol–water partition coefficient (Wildman–Crippen LogP) is 3.36. The summed E-state index contributed by atoms with van der Waals surface area (Å²) < 4.78 is 5.16. The number of nitrogens with one attached hydrogen (secondary N) is 1. The minimum absolute atomic E-state index is 0.183. The lowest BCUT2D eigenvalue weighted by Gasteiger charge is -2.23. The first-order valence-electron chi connectivity index (χ1n) is 8.69. The highest BCUT2D eigenvalue weighted by Gasteiger charge is 2.23. The van der Waals surface area contributed by atoms with Gasteiger partial charge in [0, 0.05) is 18.7 Å². The number of amides is 1. The molecular formula is C18H24N4O2S. The topological polar surface area (TPSA) is 71.1 Å². The third-order valence-electron chi connectivity index (χ3n) is 4.38. The smallest absolute Gasteiger partial charge is 0.235 e. The van der Waals surface area contributed by atoms with E-state index in [2.05, 4.69) is 15.2 Å². The molecule has 1 amide bonds. The Labute approximate surface area is 152 Å². The molecular weight excluding hydrogens is 336 g/mol. The zero-order valence-electron chi connectivity index (χ0n) is 14.7. The van der Waals surface area contributed by atoms with E-state index in [4.69, 9.17) is 4.74 Å². The minimum atomic E-state index is -0.183. The normalized spacial score (nSPS) is 16.3. The van der Waals surface area contributed by atoms with Crippen LogP contribution in [0.2, 0.25) is 0 Å². The molecule has 7 heteroatoms. The Balaban J connectivity index is 1.62. The summed E-state index contributed by atoms with van der Waals surface area (Å²) in [7, 11) is 1.64. The maximum Gasteiger partial charge on any atom is 0.235 e. The van der Waals surface area contributed by atoms with Gasteiger partial charge < -0.3 is 9.64 Å². The summed E-state index contributed by atoms with van der Waals surface area (Å²) in [6, 6.07) is 7.63. The Bertz CT molecular complexity index is 693. The lowest BCUT2D eigenvalue weighted by molar-refractivity contribution is -0.130. The van der Waals surface area contributed by atoms with Gasteiger partial charge in [0.05, 0.1) is 12.4 Å². The average Bonchev–Trinajstić information content (AvgIpc) is 2.93. The number of likely N-dealkylation sites (tertiary alicyclic amines) is 1. The van der Waals surface area contributed by atoms with E-state index in [0.717, 1.165) is 37.2 Å². The van der Waals surface area contributed by atoms with Gasteiger partial charge in [-0.2, -0.15) is 0 Å². The Morgan fingerprint density at radius 1 is 1.20 bits per heavy atom. The van der Waals surface area contributed by atoms with Crippen molar-refractivity contribution in [3.8, 4) is 17.1 Å². The largest absolute Gasteiger partial charge is 0.497 e. The zero-order chi connectivity index (χ0) is 17.6. The molecule has 1 atom stereocenters. The molecule has 2 aromatic rings. The number of methoxy groups -OCH3 is 1. The van der Waals surface area contributed by atoms with Gasteiger partial charge in [-0.1, -0.05) is 24.6 Å². The maximum absolute atomic E-state index is 12.6. The molecule has 2 heterocycles. The summed E-state index contributed by atoms with van der Waals surface area (Å²) in [5.41, 5.74) is 0.937. The summed E-state index contributed by atoms with van der Waals surface area (Å²) in [6.45, 7) is 3.67. The summed E-state index contributed by atoms with van der Waals surface area (Å²) in [5, 5.41) is 7.61. The quantitative estimate of drug-likeness (QED) is 0.828. The van der Waals surface area contributed by atoms with Gasteiger partial charge >= 0.3 is 0 Å². The number of thioether (sulfide) groups is 1. The number of benzene rings is 1. The molecule has 1 aliphatic rings. The Hall–Kier alpha value is -2.02. The molecule has 25 heavy (non-hydrogen) atoms. The molecule has 1 saturated heterocycles. The SMILES string of the molecule is COc1ccc(-c2nc(S[C@H](C)C(=O)N3CCCCCC3)n[nH]2)cc1. The molecule has 0 spiro atoms. The van der Waals surface area contributed by atoms with E-state index in [0.29, 0.717) is 11.0 Å². The second-order valence-corrected chi connectivity index (χ2v) is 7.50. The van der Waals surface area contributed by atoms with Crippen LogP contribution in [-0.2, 0) is 4.79 Å². The van der Waals surface area contributed by atoms with Gasteiger partial charge in [-0.25, -0.2) is 4.98 Å². The molecule has 3 rings (SSSR count). The molecule has 0 radical (unpaired) electrons. The number of carbonyl (C=O) groups is 1. The van der Waals surface area contributed by atoms with Crippen molar-refractivity contribution < 1.29 is 9.53 Å². The number of carbonyl (C=O) groups excluding carboxylic acids is 1. The lowest BCUT2D eigenvalue weighted by atomic mass is 10.2. The molecule has 0 unspecified atom stereocenters. The first kappa shape index (κ1) is 17.8. The van der Waals surface area contributed by atoms with Crippen LogP contribution in [0.15, 0.2) is 29.4 Å². The third kappa shape index (κ3) is 4.54. The van der Waals surface area contributed by atoms with Gasteiger partial charge in [-0.05, 0) is 44.0 Å². The summed E-state index contributed by atoms with van der Waals surface area (Å²) in [4.78, 5) is 19.1. The molecule has 1 aliphatic heterocycles. The average molecular weight is 360 g/mol. The summed E-state index contributed by atoms with van der Waals surface area (Å²) in [5.74, 6) is 1.68. The molecule has 134 valence electrons. The van der Waals surface area contributed by atoms with Crippen LogP contribution in [0.25, 0.3) is 11.4 Å². The first-order valence-corrected chi connectivity index (χ1v) is 9.57. The predicted molar refractivity (Wildman–Crippen MR) is 98.7 cm³/mol. The molecule has 0 bridgehead atoms. The second kappa shape index (κ2) is 8.38. The maximum atomic E-state index is 12.6. The van der Waals surface area contributed by atoms with E-state index in [1.807, 2.05) is 36.1 Å². The first-order chi connectivity index (χ1) is 12.2. The molecule has 1 aromatic heterocycles. The van der Waals surface area contributed by atoms with E-state index in [9.17, 15) is 4.79 Å². The summed E-state index contributed by atoms with van der Waals surface area (Å²) >= 11 is 1.41. The van der Waals surface area contributed by atoms with Gasteiger partial charge in [0.1, 0.15) is 5.75 Å². The van der Waals surface area contributed by atoms with Crippen LogP contribution in [0, 0.1) is 0 Å². The van der Waals surface area contributed by atoms with Crippen LogP contribution in [0.3, 0.4) is 0 Å². The van der Waals surface area contributed by atoms with E-state index in [1.54, 1.807) is 7.11 Å². The number of hydrogen-bond acceptors (Lipinski definition) is 5. The Kier molecular flexibility index (Phi) is 5.96. The molecule has 1 aromatic carbocycles. The van der Waals surface area contributed by atoms with Gasteiger partial charge in [-0.15, -0.1) is 5.10 Å². The highest BCUT2D eigenvalue weighted by molar-refractivity contribution is 8.00. The van der Waals surface area contributed by atoms with Crippen molar-refractivity contribution >= 4 is 17.7 Å². The standard InChI is InChI=1S/C18H24N4O2S/c1-13(17(23)22-11-5-3-4-6-12-22)25-18-19-16(20-21-18)14-7-9-15(24-2)10-8-14/h7-10,13H,3-6,11-12H2,1-2H3,(H,19,20,21)/t13-/m1/s1. The monoisotopic (exact) mass is 360 g/mol. The molecule has 1 fully saturated rings. The minimum Gasteiger partial charge on any atom is -0.497 e. The molecule has 0 aliphatic carbocycles. The van der Waals surface area contributed by atoms with E-state index in [1.165, 1.54) is 24.6 Å². The van der Waals surface area contributed by atoms with E-state index < -0.39 is 0 Å². The summed E-state index contributed by atoms with van der Waals surface area (Å²) in [6.07, 6.45) is 4.64. The fourth-order valence-electron chi connectivity index (χ4n) is 2.93. The van der Waals surface area contributed by atoms with Crippen molar-refractivity contribution in [1.29, 1.82) is 0 Å². The highest BCUT2D eigenvalue weighted by Crippen LogP contribution is 2.25. The van der Waals surface area contributed by atoms with Crippen molar-refractivity contribution in [2.45, 2.75) is 43.0 Å². The fraction of sp³-hybridized carbons (Fsp3) is 0.500. The van der Waals surface area contributed by atoms with Crippen LogP contribution in [0.4, 0.5) is 0 Å². The van der Waals surface area contributed by atoms with Gasteiger partial charge in [0.25, 0.3) is 0 Å². The Morgan fingerprint density at radius 2 is 1.88 bits per heavy atom. The fourth-order valence-corrected chi connectivity index (χ4v) is 3.74. The lowest BCUT2D eigenvalue weighted by Crippen LogP contribution is -2.37. The van der Waals surface area contributed by atoms with Gasteiger partial charge in [0.2, 0.25) is 11.1 Å². The Morgan fingerprint density at radius 3 is 2.52 bits per heavy atom. The number of aromatic nitrogens is 3. The number of ether oxygens (including phenoxy) is 1. The zero-order valence-corrected chi connectivity index (χ0v) is 15.5. The number of nitrogens with zero attached hydrogens (tertiary/aromatic N) is 3.